The number of benzene rings is 1. The molecule has 2 heterocycles. The number of aromatic amines is 1. The standard InChI is InChI=1S/C18H20N6O/c1-12(2)23-17-15(7-4-8-19-17)18(25)20-10-13-5-3-6-14(9-13)16-21-11-22-24-16/h3-9,11-12H,10H2,1-2H3,(H,19,23)(H,20,25)(H,21,22,24). The van der Waals surface area contributed by atoms with Gasteiger partial charge in [0.1, 0.15) is 12.1 Å². The third kappa shape index (κ3) is 4.20. The number of hydrogen-bond acceptors (Lipinski definition) is 5. The van der Waals surface area contributed by atoms with Crippen molar-refractivity contribution >= 4 is 11.7 Å². The summed E-state index contributed by atoms with van der Waals surface area (Å²) in [6, 6.07) is 11.5. The van der Waals surface area contributed by atoms with E-state index in [1.54, 1.807) is 18.3 Å². The fourth-order valence-corrected chi connectivity index (χ4v) is 2.43. The van der Waals surface area contributed by atoms with E-state index >= 15 is 0 Å². The molecule has 7 nitrogen and oxygen atoms in total. The van der Waals surface area contributed by atoms with E-state index in [0.717, 1.165) is 11.1 Å². The minimum Gasteiger partial charge on any atom is -0.367 e. The van der Waals surface area contributed by atoms with E-state index in [9.17, 15) is 4.79 Å². The highest BCUT2D eigenvalue weighted by atomic mass is 16.1. The van der Waals surface area contributed by atoms with Crippen LogP contribution in [0.5, 0.6) is 0 Å². The Hall–Kier alpha value is -3.22. The van der Waals surface area contributed by atoms with Gasteiger partial charge in [-0.25, -0.2) is 9.97 Å². The molecule has 3 N–H and O–H groups in total. The monoisotopic (exact) mass is 336 g/mol. The van der Waals surface area contributed by atoms with Crippen molar-refractivity contribution in [3.05, 3.63) is 60.0 Å². The van der Waals surface area contributed by atoms with Crippen LogP contribution in [0.3, 0.4) is 0 Å². The molecule has 0 aliphatic carbocycles. The van der Waals surface area contributed by atoms with Crippen LogP contribution in [0, 0.1) is 0 Å². The van der Waals surface area contributed by atoms with Gasteiger partial charge in [0, 0.05) is 24.3 Å². The van der Waals surface area contributed by atoms with E-state index in [1.165, 1.54) is 6.33 Å². The summed E-state index contributed by atoms with van der Waals surface area (Å²) in [5.41, 5.74) is 2.43. The topological polar surface area (TPSA) is 95.6 Å². The van der Waals surface area contributed by atoms with E-state index in [1.807, 2.05) is 38.1 Å². The van der Waals surface area contributed by atoms with Crippen molar-refractivity contribution in [1.82, 2.24) is 25.5 Å². The van der Waals surface area contributed by atoms with E-state index in [4.69, 9.17) is 0 Å². The Labute approximate surface area is 145 Å². The minimum atomic E-state index is -0.165. The summed E-state index contributed by atoms with van der Waals surface area (Å²) < 4.78 is 0. The Balaban J connectivity index is 1.70. The highest BCUT2D eigenvalue weighted by Crippen LogP contribution is 2.16. The Bertz CT molecular complexity index is 844. The van der Waals surface area contributed by atoms with Crippen molar-refractivity contribution in [1.29, 1.82) is 0 Å². The van der Waals surface area contributed by atoms with Gasteiger partial charge in [-0.1, -0.05) is 18.2 Å². The molecule has 0 saturated carbocycles. The molecule has 25 heavy (non-hydrogen) atoms. The van der Waals surface area contributed by atoms with Crippen molar-refractivity contribution in [2.45, 2.75) is 26.4 Å². The van der Waals surface area contributed by atoms with Crippen molar-refractivity contribution in [3.8, 4) is 11.4 Å². The number of nitrogens with one attached hydrogen (secondary N) is 3. The molecule has 0 aliphatic heterocycles. The first-order valence-electron chi connectivity index (χ1n) is 8.08. The molecule has 3 rings (SSSR count). The minimum absolute atomic E-state index is 0.165. The second-order valence-corrected chi connectivity index (χ2v) is 5.92. The van der Waals surface area contributed by atoms with Gasteiger partial charge in [0.05, 0.1) is 5.56 Å². The van der Waals surface area contributed by atoms with Gasteiger partial charge in [-0.15, -0.1) is 0 Å². The van der Waals surface area contributed by atoms with Crippen LogP contribution in [0.1, 0.15) is 29.8 Å². The fraction of sp³-hybridized carbons (Fsp3) is 0.222. The summed E-state index contributed by atoms with van der Waals surface area (Å²) in [4.78, 5) is 20.9. The Kier molecular flexibility index (Phi) is 5.03. The zero-order valence-electron chi connectivity index (χ0n) is 14.2. The number of nitrogens with zero attached hydrogens (tertiary/aromatic N) is 3. The molecular weight excluding hydrogens is 316 g/mol. The fourth-order valence-electron chi connectivity index (χ4n) is 2.43. The quantitative estimate of drug-likeness (QED) is 0.643. The molecule has 0 saturated heterocycles. The number of amides is 1. The summed E-state index contributed by atoms with van der Waals surface area (Å²) in [6.45, 7) is 4.42. The summed E-state index contributed by atoms with van der Waals surface area (Å²) in [6.07, 6.45) is 3.14. The van der Waals surface area contributed by atoms with E-state index in [2.05, 4.69) is 30.8 Å². The Morgan fingerprint density at radius 2 is 2.08 bits per heavy atom. The van der Waals surface area contributed by atoms with Gasteiger partial charge in [0.25, 0.3) is 5.91 Å². The number of rotatable bonds is 6. The van der Waals surface area contributed by atoms with Crippen LogP contribution in [-0.4, -0.2) is 32.1 Å². The first-order valence-corrected chi connectivity index (χ1v) is 8.08. The van der Waals surface area contributed by atoms with E-state index < -0.39 is 0 Å². The lowest BCUT2D eigenvalue weighted by Gasteiger charge is -2.13. The van der Waals surface area contributed by atoms with Crippen LogP contribution >= 0.6 is 0 Å². The van der Waals surface area contributed by atoms with Crippen LogP contribution in [-0.2, 0) is 6.54 Å². The van der Waals surface area contributed by atoms with Crippen LogP contribution < -0.4 is 10.6 Å². The van der Waals surface area contributed by atoms with E-state index in [0.29, 0.717) is 23.8 Å². The zero-order valence-corrected chi connectivity index (χ0v) is 14.2. The molecule has 0 atom stereocenters. The Morgan fingerprint density at radius 1 is 1.20 bits per heavy atom. The Morgan fingerprint density at radius 3 is 2.84 bits per heavy atom. The normalized spacial score (nSPS) is 10.7. The van der Waals surface area contributed by atoms with Crippen LogP contribution in [0.4, 0.5) is 5.82 Å². The highest BCUT2D eigenvalue weighted by Gasteiger charge is 2.12. The SMILES string of the molecule is CC(C)Nc1ncccc1C(=O)NCc1cccc(-c2ncn[nH]2)c1. The van der Waals surface area contributed by atoms with Crippen LogP contribution in [0.15, 0.2) is 48.9 Å². The molecule has 3 aromatic rings. The predicted molar refractivity (Wildman–Crippen MR) is 96.0 cm³/mol. The molecule has 0 aliphatic rings. The second kappa shape index (κ2) is 7.57. The van der Waals surface area contributed by atoms with Gasteiger partial charge in [-0.3, -0.25) is 9.89 Å². The van der Waals surface area contributed by atoms with Crippen molar-refractivity contribution in [2.75, 3.05) is 5.32 Å². The number of anilines is 1. The van der Waals surface area contributed by atoms with Gasteiger partial charge in [-0.05, 0) is 37.6 Å². The van der Waals surface area contributed by atoms with Gasteiger partial charge in [-0.2, -0.15) is 5.10 Å². The average Bonchev–Trinajstić information content (AvgIpc) is 3.15. The van der Waals surface area contributed by atoms with Gasteiger partial charge >= 0.3 is 0 Å². The second-order valence-electron chi connectivity index (χ2n) is 5.92. The summed E-state index contributed by atoms with van der Waals surface area (Å²) in [5.74, 6) is 1.12. The molecule has 0 unspecified atom stereocenters. The molecule has 1 amide bonds. The molecule has 128 valence electrons. The van der Waals surface area contributed by atoms with Gasteiger partial charge in [0.15, 0.2) is 5.82 Å². The van der Waals surface area contributed by atoms with Crippen LogP contribution in [0.25, 0.3) is 11.4 Å². The van der Waals surface area contributed by atoms with Crippen LogP contribution in [0.2, 0.25) is 0 Å². The lowest BCUT2D eigenvalue weighted by atomic mass is 10.1. The number of aromatic nitrogens is 4. The first kappa shape index (κ1) is 16.6. The molecule has 2 aromatic heterocycles. The number of pyridine rings is 1. The summed E-state index contributed by atoms with van der Waals surface area (Å²) >= 11 is 0. The maximum Gasteiger partial charge on any atom is 0.255 e. The first-order chi connectivity index (χ1) is 12.1. The molecule has 0 radical (unpaired) electrons. The van der Waals surface area contributed by atoms with Crippen molar-refractivity contribution in [2.24, 2.45) is 0 Å². The van der Waals surface area contributed by atoms with E-state index in [-0.39, 0.29) is 11.9 Å². The lowest BCUT2D eigenvalue weighted by Crippen LogP contribution is -2.25. The van der Waals surface area contributed by atoms with Gasteiger partial charge in [0.2, 0.25) is 0 Å². The smallest absolute Gasteiger partial charge is 0.255 e. The highest BCUT2D eigenvalue weighted by molar-refractivity contribution is 5.98. The third-order valence-corrected chi connectivity index (χ3v) is 3.55. The summed E-state index contributed by atoms with van der Waals surface area (Å²) in [5, 5.41) is 12.8. The molecule has 1 aromatic carbocycles. The maximum absolute atomic E-state index is 12.5. The zero-order chi connectivity index (χ0) is 17.6. The molecule has 0 fully saturated rings. The molecule has 0 bridgehead atoms. The number of carbonyl (C=O) groups is 1. The van der Waals surface area contributed by atoms with Crippen molar-refractivity contribution < 1.29 is 4.79 Å². The third-order valence-electron chi connectivity index (χ3n) is 3.55. The molecule has 7 heteroatoms. The molecular formula is C18H20N6O. The number of H-pyrrole nitrogens is 1. The largest absolute Gasteiger partial charge is 0.367 e. The number of carbonyl (C=O) groups excluding carboxylic acids is 1. The average molecular weight is 336 g/mol. The predicted octanol–water partition coefficient (Wildman–Crippen LogP) is 2.62. The van der Waals surface area contributed by atoms with Crippen molar-refractivity contribution in [3.63, 3.8) is 0 Å². The molecule has 0 spiro atoms. The lowest BCUT2D eigenvalue weighted by molar-refractivity contribution is 0.0951. The van der Waals surface area contributed by atoms with Gasteiger partial charge < -0.3 is 10.6 Å². The summed E-state index contributed by atoms with van der Waals surface area (Å²) in [7, 11) is 0. The maximum atomic E-state index is 12.5. The number of hydrogen-bond donors (Lipinski definition) is 3.